The van der Waals surface area contributed by atoms with Crippen molar-refractivity contribution in [2.75, 3.05) is 7.11 Å². The molecule has 0 amide bonds. The van der Waals surface area contributed by atoms with Gasteiger partial charge in [0.05, 0.1) is 12.1 Å². The Balaban J connectivity index is 2.73. The Kier molecular flexibility index (Phi) is 3.94. The number of phenols is 1. The first kappa shape index (κ1) is 11.8. The first-order chi connectivity index (χ1) is 7.04. The topological polar surface area (TPSA) is 72.5 Å². The third-order valence-electron chi connectivity index (χ3n) is 1.97. The summed E-state index contributed by atoms with van der Waals surface area (Å²) in [5.41, 5.74) is 6.29. The Morgan fingerprint density at radius 1 is 1.67 bits per heavy atom. The molecule has 82 valence electrons. The third kappa shape index (κ3) is 3.11. The molecule has 0 saturated heterocycles. The van der Waals surface area contributed by atoms with Gasteiger partial charge in [0, 0.05) is 0 Å². The molecule has 1 rings (SSSR count). The Morgan fingerprint density at radius 3 is 2.87 bits per heavy atom. The number of hydrogen-bond acceptors (Lipinski definition) is 4. The molecule has 3 N–H and O–H groups in total. The molecule has 4 nitrogen and oxygen atoms in total. The highest BCUT2D eigenvalue weighted by Gasteiger charge is 2.14. The predicted octanol–water partition coefficient (Wildman–Crippen LogP) is 1.09. The van der Waals surface area contributed by atoms with Crippen LogP contribution in [0.4, 0.5) is 0 Å². The van der Waals surface area contributed by atoms with E-state index in [9.17, 15) is 9.90 Å². The first-order valence-electron chi connectivity index (χ1n) is 4.35. The summed E-state index contributed by atoms with van der Waals surface area (Å²) < 4.78 is 4.49. The van der Waals surface area contributed by atoms with Gasteiger partial charge in [0.25, 0.3) is 0 Å². The highest BCUT2D eigenvalue weighted by Crippen LogP contribution is 2.24. The van der Waals surface area contributed by atoms with Crippen LogP contribution in [-0.4, -0.2) is 24.2 Å². The third-order valence-corrected chi connectivity index (χ3v) is 2.29. The molecule has 0 bridgehead atoms. The van der Waals surface area contributed by atoms with Crippen LogP contribution < -0.4 is 5.73 Å². The number of carbonyl (C=O) groups is 1. The fourth-order valence-electron chi connectivity index (χ4n) is 1.17. The van der Waals surface area contributed by atoms with E-state index in [2.05, 4.69) is 4.74 Å². The van der Waals surface area contributed by atoms with Crippen LogP contribution in [0.1, 0.15) is 5.56 Å². The number of nitrogens with two attached hydrogens (primary N) is 1. The van der Waals surface area contributed by atoms with Crippen molar-refractivity contribution >= 4 is 17.6 Å². The summed E-state index contributed by atoms with van der Waals surface area (Å²) >= 11 is 5.63. The molecule has 1 aromatic rings. The van der Waals surface area contributed by atoms with Crippen molar-refractivity contribution in [2.24, 2.45) is 5.73 Å². The number of rotatable bonds is 3. The van der Waals surface area contributed by atoms with Crippen LogP contribution in [0.5, 0.6) is 5.75 Å². The zero-order valence-corrected chi connectivity index (χ0v) is 8.99. The van der Waals surface area contributed by atoms with Gasteiger partial charge in [0.15, 0.2) is 0 Å². The lowest BCUT2D eigenvalue weighted by Gasteiger charge is -2.09. The monoisotopic (exact) mass is 229 g/mol. The van der Waals surface area contributed by atoms with Crippen LogP contribution in [0.2, 0.25) is 5.02 Å². The Morgan fingerprint density at radius 2 is 2.33 bits per heavy atom. The number of ether oxygens (including phenoxy) is 1. The van der Waals surface area contributed by atoms with Gasteiger partial charge in [0.2, 0.25) is 0 Å². The van der Waals surface area contributed by atoms with Gasteiger partial charge in [-0.2, -0.15) is 0 Å². The maximum Gasteiger partial charge on any atom is 0.322 e. The second kappa shape index (κ2) is 5.00. The van der Waals surface area contributed by atoms with E-state index in [1.165, 1.54) is 13.2 Å². The van der Waals surface area contributed by atoms with Crippen LogP contribution in [0.3, 0.4) is 0 Å². The summed E-state index contributed by atoms with van der Waals surface area (Å²) in [7, 11) is 1.28. The number of esters is 1. The molecular formula is C10H12ClNO3. The van der Waals surface area contributed by atoms with Gasteiger partial charge in [-0.25, -0.2) is 0 Å². The minimum atomic E-state index is -0.726. The Hall–Kier alpha value is -1.26. The maximum absolute atomic E-state index is 11.0. The van der Waals surface area contributed by atoms with E-state index in [-0.39, 0.29) is 10.8 Å². The second-order valence-electron chi connectivity index (χ2n) is 3.12. The van der Waals surface area contributed by atoms with Gasteiger partial charge in [-0.05, 0) is 24.1 Å². The molecule has 1 aromatic carbocycles. The van der Waals surface area contributed by atoms with E-state index in [0.717, 1.165) is 5.56 Å². The molecule has 0 fully saturated rings. The minimum Gasteiger partial charge on any atom is -0.506 e. The molecule has 0 aromatic heterocycles. The molecule has 1 atom stereocenters. The Bertz CT molecular complexity index is 368. The van der Waals surface area contributed by atoms with Gasteiger partial charge in [-0.1, -0.05) is 17.7 Å². The minimum absolute atomic E-state index is 0.0220. The van der Waals surface area contributed by atoms with Crippen molar-refractivity contribution in [1.82, 2.24) is 0 Å². The van der Waals surface area contributed by atoms with Crippen molar-refractivity contribution in [1.29, 1.82) is 0 Å². The summed E-state index contributed by atoms with van der Waals surface area (Å²) in [4.78, 5) is 11.0. The molecule has 15 heavy (non-hydrogen) atoms. The highest BCUT2D eigenvalue weighted by molar-refractivity contribution is 6.32. The summed E-state index contributed by atoms with van der Waals surface area (Å²) in [5, 5.41) is 9.59. The predicted molar refractivity (Wildman–Crippen MR) is 56.8 cm³/mol. The number of halogens is 1. The molecular weight excluding hydrogens is 218 g/mol. The summed E-state index contributed by atoms with van der Waals surface area (Å²) in [6.07, 6.45) is 0.303. The fraction of sp³-hybridized carbons (Fsp3) is 0.300. The molecule has 0 radical (unpaired) electrons. The lowest BCUT2D eigenvalue weighted by Crippen LogP contribution is -2.33. The number of hydrogen-bond donors (Lipinski definition) is 2. The van der Waals surface area contributed by atoms with E-state index < -0.39 is 12.0 Å². The zero-order valence-electron chi connectivity index (χ0n) is 8.24. The molecule has 5 heteroatoms. The smallest absolute Gasteiger partial charge is 0.322 e. The van der Waals surface area contributed by atoms with Gasteiger partial charge in [-0.3, -0.25) is 4.79 Å². The standard InChI is InChI=1S/C10H12ClNO3/c1-15-10(14)8(12)4-6-2-3-7(11)9(13)5-6/h2-3,5,8,13H,4,12H2,1H3. The van der Waals surface area contributed by atoms with Gasteiger partial charge in [-0.15, -0.1) is 0 Å². The number of benzene rings is 1. The summed E-state index contributed by atoms with van der Waals surface area (Å²) in [5.74, 6) is -0.504. The van der Waals surface area contributed by atoms with Crippen LogP contribution in [-0.2, 0) is 16.0 Å². The molecule has 1 unspecified atom stereocenters. The van der Waals surface area contributed by atoms with Crippen LogP contribution >= 0.6 is 11.6 Å². The zero-order chi connectivity index (χ0) is 11.4. The quantitative estimate of drug-likeness (QED) is 0.761. The molecule has 0 aliphatic rings. The van der Waals surface area contributed by atoms with E-state index >= 15 is 0 Å². The van der Waals surface area contributed by atoms with Crippen molar-refractivity contribution in [3.05, 3.63) is 28.8 Å². The second-order valence-corrected chi connectivity index (χ2v) is 3.53. The Labute approximate surface area is 92.6 Å². The van der Waals surface area contributed by atoms with Crippen molar-refractivity contribution in [3.63, 3.8) is 0 Å². The van der Waals surface area contributed by atoms with Crippen LogP contribution in [0.15, 0.2) is 18.2 Å². The van der Waals surface area contributed by atoms with E-state index in [1.54, 1.807) is 12.1 Å². The molecule has 0 aliphatic heterocycles. The van der Waals surface area contributed by atoms with Crippen molar-refractivity contribution in [3.8, 4) is 5.75 Å². The molecule has 0 aliphatic carbocycles. The van der Waals surface area contributed by atoms with E-state index in [0.29, 0.717) is 6.42 Å². The van der Waals surface area contributed by atoms with E-state index in [1.807, 2.05) is 0 Å². The normalized spacial score (nSPS) is 12.2. The number of carbonyl (C=O) groups excluding carboxylic acids is 1. The maximum atomic E-state index is 11.0. The molecule has 0 spiro atoms. The lowest BCUT2D eigenvalue weighted by molar-refractivity contribution is -0.142. The average Bonchev–Trinajstić information content (AvgIpc) is 2.22. The van der Waals surface area contributed by atoms with Crippen molar-refractivity contribution < 1.29 is 14.6 Å². The molecule has 0 heterocycles. The summed E-state index contributed by atoms with van der Waals surface area (Å²) in [6.45, 7) is 0. The average molecular weight is 230 g/mol. The fourth-order valence-corrected chi connectivity index (χ4v) is 1.29. The number of aromatic hydroxyl groups is 1. The first-order valence-corrected chi connectivity index (χ1v) is 4.73. The van der Waals surface area contributed by atoms with Crippen molar-refractivity contribution in [2.45, 2.75) is 12.5 Å². The summed E-state index contributed by atoms with van der Waals surface area (Å²) in [6, 6.07) is 4.00. The van der Waals surface area contributed by atoms with Gasteiger partial charge < -0.3 is 15.6 Å². The number of phenolic OH excluding ortho intramolecular Hbond substituents is 1. The van der Waals surface area contributed by atoms with Gasteiger partial charge in [0.1, 0.15) is 11.8 Å². The number of methoxy groups -OCH3 is 1. The molecule has 0 saturated carbocycles. The SMILES string of the molecule is COC(=O)C(N)Cc1ccc(Cl)c(O)c1. The van der Waals surface area contributed by atoms with Crippen LogP contribution in [0, 0.1) is 0 Å². The van der Waals surface area contributed by atoms with Gasteiger partial charge >= 0.3 is 5.97 Å². The van der Waals surface area contributed by atoms with E-state index in [4.69, 9.17) is 17.3 Å². The highest BCUT2D eigenvalue weighted by atomic mass is 35.5. The lowest BCUT2D eigenvalue weighted by atomic mass is 10.1. The van der Waals surface area contributed by atoms with Crippen LogP contribution in [0.25, 0.3) is 0 Å². The largest absolute Gasteiger partial charge is 0.506 e.